The number of fused-ring (bicyclic) bond motifs is 1. The molecule has 1 aliphatic rings. The third kappa shape index (κ3) is 5.39. The molecule has 30 heavy (non-hydrogen) atoms. The fourth-order valence-corrected chi connectivity index (χ4v) is 4.60. The molecule has 2 aromatic rings. The van der Waals surface area contributed by atoms with Gasteiger partial charge in [-0.05, 0) is 41.5 Å². The Morgan fingerprint density at radius 2 is 2.17 bits per heavy atom. The Kier molecular flexibility index (Phi) is 7.48. The van der Waals surface area contributed by atoms with Crippen LogP contribution < -0.4 is 4.74 Å². The van der Waals surface area contributed by atoms with Gasteiger partial charge in [-0.3, -0.25) is 9.59 Å². The van der Waals surface area contributed by atoms with Gasteiger partial charge >= 0.3 is 0 Å². The molecule has 5 nitrogen and oxygen atoms in total. The second-order valence-corrected chi connectivity index (χ2v) is 8.83. The summed E-state index contributed by atoms with van der Waals surface area (Å²) in [7, 11) is 0. The number of hydrogen-bond acceptors (Lipinski definition) is 4. The molecular formula is C23H29FN2O3S. The molecule has 1 aromatic carbocycles. The van der Waals surface area contributed by atoms with Crippen LogP contribution in [0.15, 0.2) is 35.7 Å². The maximum absolute atomic E-state index is 13.5. The number of thiophene rings is 1. The number of amides is 2. The molecule has 7 heteroatoms. The minimum absolute atomic E-state index is 0.0651. The van der Waals surface area contributed by atoms with Crippen molar-refractivity contribution in [3.05, 3.63) is 52.0 Å². The van der Waals surface area contributed by atoms with E-state index < -0.39 is 0 Å². The summed E-state index contributed by atoms with van der Waals surface area (Å²) in [6.07, 6.45) is 1.74. The molecule has 0 bridgehead atoms. The first-order chi connectivity index (χ1) is 14.4. The van der Waals surface area contributed by atoms with Gasteiger partial charge in [0, 0.05) is 31.0 Å². The van der Waals surface area contributed by atoms with Crippen molar-refractivity contribution in [1.29, 1.82) is 0 Å². The second-order valence-electron chi connectivity index (χ2n) is 7.83. The lowest BCUT2D eigenvalue weighted by molar-refractivity contribution is -0.142. The standard InChI is InChI=1S/C23H29FN2O3S/c1-4-16(2)13-25(17(3)27)14-23(28)26-10-8-22-20(9-11-30-22)21(26)15-29-19-7-5-6-18(24)12-19/h5-7,9,11-12,16,21H,4,8,10,13-15H2,1-3H3/t16-,21-/m1/s1. The summed E-state index contributed by atoms with van der Waals surface area (Å²) >= 11 is 1.68. The van der Waals surface area contributed by atoms with Crippen LogP contribution in [0.4, 0.5) is 4.39 Å². The van der Waals surface area contributed by atoms with Crippen molar-refractivity contribution >= 4 is 23.2 Å². The van der Waals surface area contributed by atoms with Gasteiger partial charge in [-0.15, -0.1) is 11.3 Å². The number of hydrogen-bond donors (Lipinski definition) is 0. The normalized spacial score (nSPS) is 16.7. The summed E-state index contributed by atoms with van der Waals surface area (Å²) in [6, 6.07) is 7.79. The maximum Gasteiger partial charge on any atom is 0.242 e. The monoisotopic (exact) mass is 432 g/mol. The molecule has 0 fully saturated rings. The number of benzene rings is 1. The summed E-state index contributed by atoms with van der Waals surface area (Å²) < 4.78 is 19.4. The zero-order valence-electron chi connectivity index (χ0n) is 17.8. The highest BCUT2D eigenvalue weighted by molar-refractivity contribution is 7.10. The van der Waals surface area contributed by atoms with Crippen molar-refractivity contribution in [3.8, 4) is 5.75 Å². The van der Waals surface area contributed by atoms with E-state index in [2.05, 4.69) is 13.8 Å². The molecule has 3 rings (SSSR count). The zero-order valence-corrected chi connectivity index (χ0v) is 18.6. The van der Waals surface area contributed by atoms with Crippen LogP contribution >= 0.6 is 11.3 Å². The van der Waals surface area contributed by atoms with Crippen LogP contribution in [0.1, 0.15) is 43.7 Å². The lowest BCUT2D eigenvalue weighted by Crippen LogP contribution is -2.48. The molecule has 1 aliphatic heterocycles. The minimum atomic E-state index is -0.359. The number of carbonyl (C=O) groups is 2. The summed E-state index contributed by atoms with van der Waals surface area (Å²) in [5, 5.41) is 2.03. The first-order valence-electron chi connectivity index (χ1n) is 10.4. The highest BCUT2D eigenvalue weighted by atomic mass is 32.1. The summed E-state index contributed by atoms with van der Waals surface area (Å²) in [5.41, 5.74) is 1.08. The molecule has 2 amide bonds. The fourth-order valence-electron chi connectivity index (χ4n) is 3.67. The molecule has 2 atom stereocenters. The third-order valence-electron chi connectivity index (χ3n) is 5.62. The van der Waals surface area contributed by atoms with E-state index in [4.69, 9.17) is 4.74 Å². The summed E-state index contributed by atoms with van der Waals surface area (Å²) in [5.74, 6) is 0.232. The Balaban J connectivity index is 1.75. The van der Waals surface area contributed by atoms with E-state index >= 15 is 0 Å². The summed E-state index contributed by atoms with van der Waals surface area (Å²) in [4.78, 5) is 30.0. The van der Waals surface area contributed by atoms with Crippen molar-refractivity contribution in [2.45, 2.75) is 39.7 Å². The second kappa shape index (κ2) is 10.1. The van der Waals surface area contributed by atoms with Gasteiger partial charge in [-0.25, -0.2) is 4.39 Å². The van der Waals surface area contributed by atoms with E-state index in [1.165, 1.54) is 23.9 Å². The Morgan fingerprint density at radius 1 is 1.37 bits per heavy atom. The third-order valence-corrected chi connectivity index (χ3v) is 6.62. The number of rotatable bonds is 8. The van der Waals surface area contributed by atoms with Gasteiger partial charge in [0.2, 0.25) is 11.8 Å². The lowest BCUT2D eigenvalue weighted by Gasteiger charge is -2.37. The van der Waals surface area contributed by atoms with Crippen LogP contribution in [-0.2, 0) is 16.0 Å². The highest BCUT2D eigenvalue weighted by Gasteiger charge is 2.33. The van der Waals surface area contributed by atoms with E-state index in [1.54, 1.807) is 33.3 Å². The number of halogens is 1. The molecule has 0 N–H and O–H groups in total. The van der Waals surface area contributed by atoms with Crippen LogP contribution in [0.2, 0.25) is 0 Å². The number of nitrogens with zero attached hydrogens (tertiary/aromatic N) is 2. The predicted octanol–water partition coefficient (Wildman–Crippen LogP) is 4.29. The van der Waals surface area contributed by atoms with Gasteiger partial charge in [-0.2, -0.15) is 0 Å². The molecule has 0 aliphatic carbocycles. The molecule has 2 heterocycles. The topological polar surface area (TPSA) is 49.9 Å². The maximum atomic E-state index is 13.5. The lowest BCUT2D eigenvalue weighted by atomic mass is 10.00. The Labute approximate surface area is 181 Å². The van der Waals surface area contributed by atoms with Gasteiger partial charge in [0.05, 0.1) is 12.6 Å². The molecule has 0 unspecified atom stereocenters. The summed E-state index contributed by atoms with van der Waals surface area (Å²) in [6.45, 7) is 7.12. The molecule has 0 radical (unpaired) electrons. The van der Waals surface area contributed by atoms with Crippen molar-refractivity contribution in [2.75, 3.05) is 26.2 Å². The van der Waals surface area contributed by atoms with Crippen LogP contribution in [0.25, 0.3) is 0 Å². The molecule has 0 spiro atoms. The van der Waals surface area contributed by atoms with Crippen LogP contribution in [-0.4, -0.2) is 47.9 Å². The number of ether oxygens (including phenoxy) is 1. The van der Waals surface area contributed by atoms with E-state index in [1.807, 2.05) is 11.4 Å². The van der Waals surface area contributed by atoms with Gasteiger partial charge in [-0.1, -0.05) is 26.3 Å². The molecular weight excluding hydrogens is 403 g/mol. The quantitative estimate of drug-likeness (QED) is 0.625. The average Bonchev–Trinajstić information content (AvgIpc) is 3.20. The van der Waals surface area contributed by atoms with Crippen LogP contribution in [0, 0.1) is 11.7 Å². The van der Waals surface area contributed by atoms with Crippen LogP contribution in [0.5, 0.6) is 5.75 Å². The number of carbonyl (C=O) groups excluding carboxylic acids is 2. The average molecular weight is 433 g/mol. The minimum Gasteiger partial charge on any atom is -0.491 e. The zero-order chi connectivity index (χ0) is 21.7. The van der Waals surface area contributed by atoms with Gasteiger partial charge in [0.15, 0.2) is 0 Å². The van der Waals surface area contributed by atoms with Gasteiger partial charge in [0.25, 0.3) is 0 Å². The van der Waals surface area contributed by atoms with Crippen molar-refractivity contribution < 1.29 is 18.7 Å². The van der Waals surface area contributed by atoms with Crippen molar-refractivity contribution in [1.82, 2.24) is 9.80 Å². The molecule has 162 valence electrons. The largest absolute Gasteiger partial charge is 0.491 e. The first-order valence-corrected chi connectivity index (χ1v) is 11.3. The molecule has 1 aromatic heterocycles. The molecule has 0 saturated carbocycles. The van der Waals surface area contributed by atoms with Gasteiger partial charge < -0.3 is 14.5 Å². The van der Waals surface area contributed by atoms with E-state index in [9.17, 15) is 14.0 Å². The first kappa shape index (κ1) is 22.3. The Hall–Kier alpha value is -2.41. The predicted molar refractivity (Wildman–Crippen MR) is 116 cm³/mol. The van der Waals surface area contributed by atoms with E-state index in [0.29, 0.717) is 24.8 Å². The van der Waals surface area contributed by atoms with Crippen molar-refractivity contribution in [3.63, 3.8) is 0 Å². The van der Waals surface area contributed by atoms with Crippen LogP contribution in [0.3, 0.4) is 0 Å². The van der Waals surface area contributed by atoms with E-state index in [0.717, 1.165) is 18.4 Å². The van der Waals surface area contributed by atoms with E-state index in [-0.39, 0.29) is 36.8 Å². The smallest absolute Gasteiger partial charge is 0.242 e. The Bertz CT molecular complexity index is 885. The van der Waals surface area contributed by atoms with Crippen molar-refractivity contribution in [2.24, 2.45) is 5.92 Å². The highest BCUT2D eigenvalue weighted by Crippen LogP contribution is 2.34. The Morgan fingerprint density at radius 3 is 2.87 bits per heavy atom. The van der Waals surface area contributed by atoms with Gasteiger partial charge in [0.1, 0.15) is 18.2 Å². The fraction of sp³-hybridized carbons (Fsp3) is 0.478. The molecule has 0 saturated heterocycles. The SMILES string of the molecule is CC[C@@H](C)CN(CC(=O)N1CCc2sccc2[C@H]1COc1cccc(F)c1)C(C)=O.